The van der Waals surface area contributed by atoms with Gasteiger partial charge in [0.25, 0.3) is 0 Å². The van der Waals surface area contributed by atoms with Gasteiger partial charge in [-0.1, -0.05) is 0 Å². The zero-order valence-electron chi connectivity index (χ0n) is 9.51. The lowest BCUT2D eigenvalue weighted by atomic mass is 10.2. The van der Waals surface area contributed by atoms with Crippen LogP contribution in [0.4, 0.5) is 0 Å². The van der Waals surface area contributed by atoms with Crippen LogP contribution in [0.1, 0.15) is 23.2 Å². The average Bonchev–Trinajstić information content (AvgIpc) is 2.34. The number of carboxylic acid groups (broad SMARTS) is 1. The molecule has 1 aromatic carbocycles. The third-order valence-electron chi connectivity index (χ3n) is 2.12. The second-order valence-electron chi connectivity index (χ2n) is 3.36. The zero-order chi connectivity index (χ0) is 12.7. The minimum Gasteiger partial charge on any atom is -0.478 e. The molecule has 1 N–H and O–H groups in total. The molecule has 0 aliphatic heterocycles. The zero-order valence-corrected chi connectivity index (χ0v) is 10.3. The van der Waals surface area contributed by atoms with Gasteiger partial charge < -0.3 is 9.84 Å². The van der Waals surface area contributed by atoms with E-state index in [2.05, 4.69) is 4.74 Å². The summed E-state index contributed by atoms with van der Waals surface area (Å²) in [6, 6.07) is 6.69. The Morgan fingerprint density at radius 3 is 2.47 bits per heavy atom. The Kier molecular flexibility index (Phi) is 5.56. The quantitative estimate of drug-likeness (QED) is 0.480. The molecule has 0 spiro atoms. The highest BCUT2D eigenvalue weighted by Gasteiger charge is 2.03. The fraction of sp³-hybridized carbons (Fsp3) is 0.333. The summed E-state index contributed by atoms with van der Waals surface area (Å²) in [4.78, 5) is 22.5. The molecule has 0 bridgehead atoms. The Morgan fingerprint density at radius 2 is 1.94 bits per heavy atom. The van der Waals surface area contributed by atoms with Crippen LogP contribution in [-0.4, -0.2) is 29.9 Å². The molecule has 0 saturated heterocycles. The van der Waals surface area contributed by atoms with Gasteiger partial charge in [-0.3, -0.25) is 4.79 Å². The van der Waals surface area contributed by atoms with Crippen LogP contribution in [0.2, 0.25) is 0 Å². The second-order valence-corrected chi connectivity index (χ2v) is 4.53. The van der Waals surface area contributed by atoms with E-state index in [1.165, 1.54) is 7.11 Å². The molecular weight excluding hydrogens is 240 g/mol. The lowest BCUT2D eigenvalue weighted by Gasteiger charge is -2.02. The molecule has 17 heavy (non-hydrogen) atoms. The van der Waals surface area contributed by atoms with Gasteiger partial charge in [-0.05, 0) is 36.4 Å². The summed E-state index contributed by atoms with van der Waals surface area (Å²) in [5.74, 6) is -0.319. The second kappa shape index (κ2) is 6.96. The summed E-state index contributed by atoms with van der Waals surface area (Å²) < 4.78 is 4.53. The first kappa shape index (κ1) is 13.6. The van der Waals surface area contributed by atoms with Crippen LogP contribution in [0.25, 0.3) is 0 Å². The van der Waals surface area contributed by atoms with Crippen LogP contribution in [0.15, 0.2) is 29.2 Å². The molecule has 0 atom stereocenters. The number of thioether (sulfide) groups is 1. The van der Waals surface area contributed by atoms with Crippen molar-refractivity contribution < 1.29 is 19.4 Å². The van der Waals surface area contributed by atoms with E-state index in [0.717, 1.165) is 17.1 Å². The summed E-state index contributed by atoms with van der Waals surface area (Å²) >= 11 is 1.59. The summed E-state index contributed by atoms with van der Waals surface area (Å²) in [6.07, 6.45) is 1.16. The van der Waals surface area contributed by atoms with Gasteiger partial charge in [-0.2, -0.15) is 0 Å². The number of ether oxygens (including phenoxy) is 1. The number of benzene rings is 1. The molecule has 0 heterocycles. The molecule has 0 fully saturated rings. The van der Waals surface area contributed by atoms with Gasteiger partial charge in [-0.15, -0.1) is 11.8 Å². The predicted octanol–water partition coefficient (Wildman–Crippen LogP) is 2.43. The normalized spacial score (nSPS) is 9.94. The van der Waals surface area contributed by atoms with Crippen LogP contribution in [-0.2, 0) is 9.53 Å². The third kappa shape index (κ3) is 4.91. The summed E-state index contributed by atoms with van der Waals surface area (Å²) in [6.45, 7) is 0. The third-order valence-corrected chi connectivity index (χ3v) is 3.22. The number of carboxylic acids is 1. The van der Waals surface area contributed by atoms with Crippen molar-refractivity contribution in [3.8, 4) is 0 Å². The number of hydrogen-bond acceptors (Lipinski definition) is 4. The lowest BCUT2D eigenvalue weighted by molar-refractivity contribution is -0.140. The molecule has 0 aliphatic rings. The molecule has 4 nitrogen and oxygen atoms in total. The van der Waals surface area contributed by atoms with E-state index in [4.69, 9.17) is 5.11 Å². The molecule has 0 amide bonds. The highest BCUT2D eigenvalue weighted by molar-refractivity contribution is 7.99. The van der Waals surface area contributed by atoms with E-state index in [0.29, 0.717) is 6.42 Å². The number of carbonyl (C=O) groups is 2. The molecule has 0 aromatic heterocycles. The van der Waals surface area contributed by atoms with Crippen molar-refractivity contribution in [2.24, 2.45) is 0 Å². The number of esters is 1. The van der Waals surface area contributed by atoms with Gasteiger partial charge in [0, 0.05) is 11.3 Å². The first-order chi connectivity index (χ1) is 8.13. The Balaban J connectivity index is 2.32. The molecule has 0 aliphatic carbocycles. The van der Waals surface area contributed by atoms with E-state index in [-0.39, 0.29) is 11.5 Å². The Hall–Kier alpha value is -1.49. The van der Waals surface area contributed by atoms with Crippen LogP contribution in [0.3, 0.4) is 0 Å². The van der Waals surface area contributed by atoms with E-state index in [1.54, 1.807) is 36.0 Å². The Labute approximate surface area is 104 Å². The minimum absolute atomic E-state index is 0.202. The Morgan fingerprint density at radius 1 is 1.29 bits per heavy atom. The van der Waals surface area contributed by atoms with E-state index in [1.807, 2.05) is 0 Å². The van der Waals surface area contributed by atoms with Crippen molar-refractivity contribution in [3.63, 3.8) is 0 Å². The average molecular weight is 254 g/mol. The van der Waals surface area contributed by atoms with Crippen LogP contribution < -0.4 is 0 Å². The standard InChI is InChI=1S/C12H14O4S/c1-16-11(13)3-2-8-17-10-6-4-9(5-7-10)12(14)15/h4-7H,2-3,8H2,1H3,(H,14,15). The first-order valence-corrected chi connectivity index (χ1v) is 6.15. The van der Waals surface area contributed by atoms with Crippen molar-refractivity contribution in [2.45, 2.75) is 17.7 Å². The maximum atomic E-state index is 10.8. The predicted molar refractivity (Wildman–Crippen MR) is 65.4 cm³/mol. The first-order valence-electron chi connectivity index (χ1n) is 5.16. The molecule has 0 unspecified atom stereocenters. The number of carbonyl (C=O) groups excluding carboxylic acids is 1. The van der Waals surface area contributed by atoms with Crippen LogP contribution in [0, 0.1) is 0 Å². The molecule has 5 heteroatoms. The maximum absolute atomic E-state index is 10.8. The fourth-order valence-electron chi connectivity index (χ4n) is 1.20. The summed E-state index contributed by atoms with van der Waals surface area (Å²) in [5.41, 5.74) is 0.281. The molecule has 92 valence electrons. The fourth-order valence-corrected chi connectivity index (χ4v) is 2.06. The highest BCUT2D eigenvalue weighted by Crippen LogP contribution is 2.19. The van der Waals surface area contributed by atoms with Crippen molar-refractivity contribution in [1.82, 2.24) is 0 Å². The monoisotopic (exact) mass is 254 g/mol. The van der Waals surface area contributed by atoms with Crippen LogP contribution >= 0.6 is 11.8 Å². The maximum Gasteiger partial charge on any atom is 0.335 e. The number of aromatic carboxylic acids is 1. The van der Waals surface area contributed by atoms with Crippen molar-refractivity contribution >= 4 is 23.7 Å². The van der Waals surface area contributed by atoms with Crippen molar-refractivity contribution in [2.75, 3.05) is 12.9 Å². The van der Waals surface area contributed by atoms with Gasteiger partial charge in [0.2, 0.25) is 0 Å². The van der Waals surface area contributed by atoms with E-state index < -0.39 is 5.97 Å². The summed E-state index contributed by atoms with van der Waals surface area (Å²) in [7, 11) is 1.38. The van der Waals surface area contributed by atoms with Crippen molar-refractivity contribution in [1.29, 1.82) is 0 Å². The number of methoxy groups -OCH3 is 1. The van der Waals surface area contributed by atoms with E-state index in [9.17, 15) is 9.59 Å². The topological polar surface area (TPSA) is 63.6 Å². The number of hydrogen-bond donors (Lipinski definition) is 1. The van der Waals surface area contributed by atoms with Crippen molar-refractivity contribution in [3.05, 3.63) is 29.8 Å². The van der Waals surface area contributed by atoms with Gasteiger partial charge in [0.15, 0.2) is 0 Å². The number of rotatable bonds is 6. The van der Waals surface area contributed by atoms with Gasteiger partial charge >= 0.3 is 11.9 Å². The summed E-state index contributed by atoms with van der Waals surface area (Å²) in [5, 5.41) is 8.72. The SMILES string of the molecule is COC(=O)CCCSc1ccc(C(=O)O)cc1. The van der Waals surface area contributed by atoms with Gasteiger partial charge in [0.1, 0.15) is 0 Å². The molecule has 0 saturated carbocycles. The van der Waals surface area contributed by atoms with Crippen LogP contribution in [0.5, 0.6) is 0 Å². The van der Waals surface area contributed by atoms with Gasteiger partial charge in [0.05, 0.1) is 12.7 Å². The molecular formula is C12H14O4S. The largest absolute Gasteiger partial charge is 0.478 e. The van der Waals surface area contributed by atoms with Gasteiger partial charge in [-0.25, -0.2) is 4.79 Å². The molecule has 1 rings (SSSR count). The Bertz CT molecular complexity index is 386. The molecule has 1 aromatic rings. The van der Waals surface area contributed by atoms with E-state index >= 15 is 0 Å². The molecule has 0 radical (unpaired) electrons. The minimum atomic E-state index is -0.924. The smallest absolute Gasteiger partial charge is 0.335 e. The lowest BCUT2D eigenvalue weighted by Crippen LogP contribution is -2.00. The highest BCUT2D eigenvalue weighted by atomic mass is 32.2.